The molecular formula is C13H11F3O3S. The summed E-state index contributed by atoms with van der Waals surface area (Å²) in [5.41, 5.74) is 1.16. The van der Waals surface area contributed by atoms with Gasteiger partial charge in [-0.25, -0.2) is 0 Å². The molecule has 0 saturated carbocycles. The zero-order chi connectivity index (χ0) is 15.0. The van der Waals surface area contributed by atoms with E-state index in [0.29, 0.717) is 17.2 Å². The van der Waals surface area contributed by atoms with Crippen molar-refractivity contribution in [3.63, 3.8) is 0 Å². The first-order valence-corrected chi connectivity index (χ1v) is 7.10. The van der Waals surface area contributed by atoms with Crippen molar-refractivity contribution in [3.8, 4) is 0 Å². The summed E-state index contributed by atoms with van der Waals surface area (Å²) in [5, 5.41) is 0. The predicted octanol–water partition coefficient (Wildman–Crippen LogP) is 3.22. The van der Waals surface area contributed by atoms with Crippen molar-refractivity contribution >= 4 is 15.7 Å². The molecule has 0 heterocycles. The Morgan fingerprint density at radius 1 is 1.15 bits per heavy atom. The third-order valence-electron chi connectivity index (χ3n) is 3.20. The van der Waals surface area contributed by atoms with Gasteiger partial charge < -0.3 is 0 Å². The van der Waals surface area contributed by atoms with Crippen LogP contribution in [-0.2, 0) is 10.1 Å². The van der Waals surface area contributed by atoms with E-state index >= 15 is 0 Å². The van der Waals surface area contributed by atoms with Crippen LogP contribution in [-0.4, -0.2) is 23.9 Å². The molecule has 0 spiro atoms. The molecule has 108 valence electrons. The van der Waals surface area contributed by atoms with Gasteiger partial charge in [0.05, 0.1) is 0 Å². The van der Waals surface area contributed by atoms with E-state index in [0.717, 1.165) is 12.2 Å². The maximum absolute atomic E-state index is 13.0. The molecule has 0 radical (unpaired) electrons. The Morgan fingerprint density at radius 2 is 1.75 bits per heavy atom. The Kier molecular flexibility index (Phi) is 3.51. The van der Waals surface area contributed by atoms with Crippen LogP contribution in [0.2, 0.25) is 0 Å². The number of alkyl halides is 3. The SMILES string of the molecule is O=S(=O)(O)C1(C(F)(F)F)C=CC(c2ccccc2)=CC1. The van der Waals surface area contributed by atoms with E-state index < -0.39 is 27.5 Å². The third kappa shape index (κ3) is 2.38. The molecule has 0 amide bonds. The molecule has 0 aliphatic heterocycles. The Bertz CT molecular complexity index is 660. The van der Waals surface area contributed by atoms with Gasteiger partial charge in [0.25, 0.3) is 10.1 Å². The zero-order valence-electron chi connectivity index (χ0n) is 10.1. The minimum atomic E-state index is -5.31. The summed E-state index contributed by atoms with van der Waals surface area (Å²) in [7, 11) is -5.31. The van der Waals surface area contributed by atoms with Crippen molar-refractivity contribution < 1.29 is 26.1 Å². The van der Waals surface area contributed by atoms with E-state index in [2.05, 4.69) is 0 Å². The lowest BCUT2D eigenvalue weighted by Gasteiger charge is -2.31. The standard InChI is InChI=1S/C13H11F3O3S/c14-13(15,16)12(20(17,18)19)8-6-11(7-9-12)10-4-2-1-3-5-10/h1-8H,9H2,(H,17,18,19). The molecule has 7 heteroatoms. The second-order valence-corrected chi connectivity index (χ2v) is 6.10. The fourth-order valence-corrected chi connectivity index (χ4v) is 2.84. The highest BCUT2D eigenvalue weighted by molar-refractivity contribution is 7.87. The molecule has 1 aliphatic carbocycles. The molecule has 1 aromatic rings. The first kappa shape index (κ1) is 14.8. The lowest BCUT2D eigenvalue weighted by Crippen LogP contribution is -2.50. The predicted molar refractivity (Wildman–Crippen MR) is 68.5 cm³/mol. The van der Waals surface area contributed by atoms with Crippen molar-refractivity contribution in [1.29, 1.82) is 0 Å². The largest absolute Gasteiger partial charge is 0.414 e. The van der Waals surface area contributed by atoms with Crippen LogP contribution in [0.25, 0.3) is 5.57 Å². The van der Waals surface area contributed by atoms with Crippen LogP contribution in [0.1, 0.15) is 12.0 Å². The normalized spacial score (nSPS) is 23.5. The quantitative estimate of drug-likeness (QED) is 0.854. The molecule has 1 aliphatic rings. The first-order valence-electron chi connectivity index (χ1n) is 5.66. The molecule has 0 fully saturated rings. The summed E-state index contributed by atoms with van der Waals surface area (Å²) in [6.45, 7) is 0. The summed E-state index contributed by atoms with van der Waals surface area (Å²) in [6, 6.07) is 8.60. The molecule has 2 rings (SSSR count). The van der Waals surface area contributed by atoms with Crippen molar-refractivity contribution in [2.24, 2.45) is 0 Å². The molecule has 1 N–H and O–H groups in total. The van der Waals surface area contributed by atoms with E-state index in [1.807, 2.05) is 0 Å². The fraction of sp³-hybridized carbons (Fsp3) is 0.231. The number of hydrogen-bond donors (Lipinski definition) is 1. The van der Waals surface area contributed by atoms with E-state index in [9.17, 15) is 21.6 Å². The Hall–Kier alpha value is -1.60. The van der Waals surface area contributed by atoms with Gasteiger partial charge in [-0.15, -0.1) is 0 Å². The smallest absolute Gasteiger partial charge is 0.285 e. The molecule has 0 saturated heterocycles. The number of rotatable bonds is 2. The summed E-state index contributed by atoms with van der Waals surface area (Å²) >= 11 is 0. The number of hydrogen-bond acceptors (Lipinski definition) is 2. The Morgan fingerprint density at radius 3 is 2.15 bits per heavy atom. The monoisotopic (exact) mass is 304 g/mol. The minimum absolute atomic E-state index is 0.481. The molecule has 20 heavy (non-hydrogen) atoms. The van der Waals surface area contributed by atoms with E-state index in [4.69, 9.17) is 4.55 Å². The van der Waals surface area contributed by atoms with E-state index in [1.54, 1.807) is 30.3 Å². The summed E-state index contributed by atoms with van der Waals surface area (Å²) < 4.78 is 67.0. The van der Waals surface area contributed by atoms with Gasteiger partial charge in [0.2, 0.25) is 4.75 Å². The molecule has 0 aromatic heterocycles. The van der Waals surface area contributed by atoms with Crippen molar-refractivity contribution in [2.45, 2.75) is 17.3 Å². The first-order chi connectivity index (χ1) is 9.17. The summed E-state index contributed by atoms with van der Waals surface area (Å²) in [4.78, 5) is 0. The lowest BCUT2D eigenvalue weighted by molar-refractivity contribution is -0.150. The van der Waals surface area contributed by atoms with Crippen LogP contribution in [0.5, 0.6) is 0 Å². The van der Waals surface area contributed by atoms with Crippen molar-refractivity contribution in [2.75, 3.05) is 0 Å². The number of benzene rings is 1. The molecule has 1 atom stereocenters. The number of allylic oxidation sites excluding steroid dienone is 3. The average molecular weight is 304 g/mol. The van der Waals surface area contributed by atoms with Gasteiger partial charge in [0, 0.05) is 6.42 Å². The van der Waals surface area contributed by atoms with Gasteiger partial charge in [0.15, 0.2) is 0 Å². The van der Waals surface area contributed by atoms with Gasteiger partial charge in [-0.1, -0.05) is 48.6 Å². The van der Waals surface area contributed by atoms with Gasteiger partial charge in [-0.05, 0) is 11.1 Å². The van der Waals surface area contributed by atoms with Crippen LogP contribution in [0.15, 0.2) is 48.6 Å². The zero-order valence-corrected chi connectivity index (χ0v) is 10.9. The maximum atomic E-state index is 13.0. The third-order valence-corrected chi connectivity index (χ3v) is 4.66. The average Bonchev–Trinajstić information content (AvgIpc) is 2.37. The van der Waals surface area contributed by atoms with Crippen LogP contribution < -0.4 is 0 Å². The van der Waals surface area contributed by atoms with Crippen molar-refractivity contribution in [1.82, 2.24) is 0 Å². The summed E-state index contributed by atoms with van der Waals surface area (Å²) in [6.07, 6.45) is -3.20. The van der Waals surface area contributed by atoms with Gasteiger partial charge >= 0.3 is 6.18 Å². The fourth-order valence-electron chi connectivity index (χ4n) is 2.01. The second-order valence-electron chi connectivity index (χ2n) is 4.43. The molecule has 1 unspecified atom stereocenters. The molecule has 1 aromatic carbocycles. The van der Waals surface area contributed by atoms with Gasteiger partial charge in [0.1, 0.15) is 0 Å². The second kappa shape index (κ2) is 4.75. The molecular weight excluding hydrogens is 293 g/mol. The Balaban J connectivity index is 2.43. The van der Waals surface area contributed by atoms with Crippen LogP contribution in [0.3, 0.4) is 0 Å². The van der Waals surface area contributed by atoms with E-state index in [1.165, 1.54) is 0 Å². The number of halogens is 3. The summed E-state index contributed by atoms with van der Waals surface area (Å²) in [5.74, 6) is 0. The van der Waals surface area contributed by atoms with Gasteiger partial charge in [-0.2, -0.15) is 21.6 Å². The van der Waals surface area contributed by atoms with Crippen molar-refractivity contribution in [3.05, 3.63) is 54.1 Å². The lowest BCUT2D eigenvalue weighted by atomic mass is 9.92. The van der Waals surface area contributed by atoms with Crippen LogP contribution >= 0.6 is 0 Å². The highest BCUT2D eigenvalue weighted by Crippen LogP contribution is 2.44. The van der Waals surface area contributed by atoms with Gasteiger partial charge in [-0.3, -0.25) is 4.55 Å². The molecule has 0 bridgehead atoms. The molecule has 3 nitrogen and oxygen atoms in total. The van der Waals surface area contributed by atoms with Crippen LogP contribution in [0.4, 0.5) is 13.2 Å². The van der Waals surface area contributed by atoms with E-state index in [-0.39, 0.29) is 0 Å². The maximum Gasteiger partial charge on any atom is 0.414 e. The minimum Gasteiger partial charge on any atom is -0.285 e. The highest BCUT2D eigenvalue weighted by Gasteiger charge is 2.62. The topological polar surface area (TPSA) is 54.4 Å². The Labute approximate surface area is 114 Å². The van der Waals surface area contributed by atoms with Crippen LogP contribution in [0, 0.1) is 0 Å². The highest BCUT2D eigenvalue weighted by atomic mass is 32.2.